The predicted octanol–water partition coefficient (Wildman–Crippen LogP) is 8.80. The molecule has 0 fully saturated rings. The van der Waals surface area contributed by atoms with Crippen molar-refractivity contribution in [2.45, 2.75) is 13.8 Å². The van der Waals surface area contributed by atoms with Crippen molar-refractivity contribution in [3.8, 4) is 34.2 Å². The number of fused-ring (bicyclic) bond motifs is 8. The first kappa shape index (κ1) is 25.8. The molecule has 45 heavy (non-hydrogen) atoms. The molecule has 3 heteroatoms. The van der Waals surface area contributed by atoms with E-state index < -0.39 is 0 Å². The van der Waals surface area contributed by atoms with E-state index in [2.05, 4.69) is 92.7 Å². The molecule has 6 aromatic carbocycles. The second-order valence-corrected chi connectivity index (χ2v) is 12.6. The van der Waals surface area contributed by atoms with Gasteiger partial charge in [-0.3, -0.25) is 0 Å². The molecular formula is C42H29N3. The number of hydrogen-bond donors (Lipinski definition) is 0. The molecule has 0 saturated carbocycles. The number of nitrogens with zero attached hydrogens (tertiary/aromatic N) is 3. The van der Waals surface area contributed by atoms with Gasteiger partial charge in [-0.25, -0.2) is 15.0 Å². The summed E-state index contributed by atoms with van der Waals surface area (Å²) in [4.78, 5) is 14.9. The minimum absolute atomic E-state index is 0.0229. The van der Waals surface area contributed by atoms with Crippen molar-refractivity contribution >= 4 is 44.0 Å². The summed E-state index contributed by atoms with van der Waals surface area (Å²) in [5.74, 6) is 2.00. The van der Waals surface area contributed by atoms with Crippen LogP contribution in [0.25, 0.3) is 78.1 Å². The Morgan fingerprint density at radius 2 is 1.02 bits per heavy atom. The Bertz CT molecular complexity index is 2480. The minimum atomic E-state index is -0.0229. The number of hydrogen-bond acceptors (Lipinski definition) is 3. The van der Waals surface area contributed by atoms with E-state index in [0.717, 1.165) is 16.7 Å². The SMILES string of the molecule is CC1(C)C=CC=C2C=c3cc4c5ccccc5c5cc(-c6nc(-c7ccccc7)nc(-c7ccccc7)n6)ccc5c4cc3=C21. The van der Waals surface area contributed by atoms with Gasteiger partial charge in [-0.1, -0.05) is 129 Å². The fourth-order valence-corrected chi connectivity index (χ4v) is 7.15. The topological polar surface area (TPSA) is 38.7 Å². The van der Waals surface area contributed by atoms with Crippen LogP contribution in [0.15, 0.2) is 139 Å². The second kappa shape index (κ2) is 9.67. The molecule has 9 rings (SSSR count). The zero-order valence-corrected chi connectivity index (χ0v) is 25.1. The number of rotatable bonds is 3. The summed E-state index contributed by atoms with van der Waals surface area (Å²) in [7, 11) is 0. The van der Waals surface area contributed by atoms with Crippen LogP contribution in [0.4, 0.5) is 0 Å². The molecule has 1 heterocycles. The Balaban J connectivity index is 1.33. The van der Waals surface area contributed by atoms with E-state index in [1.54, 1.807) is 0 Å². The molecule has 0 atom stereocenters. The van der Waals surface area contributed by atoms with Gasteiger partial charge in [0.25, 0.3) is 0 Å². The minimum Gasteiger partial charge on any atom is -0.208 e. The van der Waals surface area contributed by atoms with Crippen LogP contribution < -0.4 is 10.4 Å². The lowest BCUT2D eigenvalue weighted by Crippen LogP contribution is -2.27. The van der Waals surface area contributed by atoms with Crippen molar-refractivity contribution < 1.29 is 0 Å². The smallest absolute Gasteiger partial charge is 0.164 e. The van der Waals surface area contributed by atoms with Crippen LogP contribution >= 0.6 is 0 Å². The molecule has 0 amide bonds. The summed E-state index contributed by atoms with van der Waals surface area (Å²) in [6.45, 7) is 4.62. The van der Waals surface area contributed by atoms with Crippen LogP contribution in [0.3, 0.4) is 0 Å². The Kier molecular flexibility index (Phi) is 5.54. The van der Waals surface area contributed by atoms with Crippen LogP contribution in [0.5, 0.6) is 0 Å². The Labute approximate surface area is 261 Å². The summed E-state index contributed by atoms with van der Waals surface area (Å²) in [5, 5.41) is 10.1. The monoisotopic (exact) mass is 575 g/mol. The molecule has 0 aliphatic heterocycles. The summed E-state index contributed by atoms with van der Waals surface area (Å²) < 4.78 is 0. The highest BCUT2D eigenvalue weighted by Crippen LogP contribution is 2.40. The van der Waals surface area contributed by atoms with Gasteiger partial charge in [0.15, 0.2) is 17.5 Å². The molecular weight excluding hydrogens is 546 g/mol. The summed E-state index contributed by atoms with van der Waals surface area (Å²) in [6.07, 6.45) is 9.11. The number of benzene rings is 6. The first-order valence-corrected chi connectivity index (χ1v) is 15.5. The fourth-order valence-electron chi connectivity index (χ4n) is 7.15. The third-order valence-electron chi connectivity index (χ3n) is 9.27. The molecule has 7 aromatic rings. The number of aromatic nitrogens is 3. The molecule has 0 N–H and O–H groups in total. The summed E-state index contributed by atoms with van der Waals surface area (Å²) in [6, 6.07) is 40.6. The Hall–Kier alpha value is -5.67. The van der Waals surface area contributed by atoms with Crippen molar-refractivity contribution in [2.24, 2.45) is 5.41 Å². The van der Waals surface area contributed by atoms with Gasteiger partial charge in [0.05, 0.1) is 0 Å². The van der Waals surface area contributed by atoms with E-state index in [9.17, 15) is 0 Å². The Morgan fingerprint density at radius 1 is 0.489 bits per heavy atom. The van der Waals surface area contributed by atoms with Gasteiger partial charge in [-0.2, -0.15) is 0 Å². The molecule has 0 radical (unpaired) electrons. The van der Waals surface area contributed by atoms with E-state index in [-0.39, 0.29) is 5.41 Å². The molecule has 1 aromatic heterocycles. The summed E-state index contributed by atoms with van der Waals surface area (Å²) >= 11 is 0. The van der Waals surface area contributed by atoms with Crippen molar-refractivity contribution in [2.75, 3.05) is 0 Å². The van der Waals surface area contributed by atoms with Crippen molar-refractivity contribution in [1.82, 2.24) is 15.0 Å². The van der Waals surface area contributed by atoms with E-state index in [1.165, 1.54) is 53.9 Å². The molecule has 0 spiro atoms. The van der Waals surface area contributed by atoms with Crippen molar-refractivity contribution in [3.63, 3.8) is 0 Å². The normalized spacial score (nSPS) is 14.8. The van der Waals surface area contributed by atoms with Crippen LogP contribution in [-0.2, 0) is 0 Å². The lowest BCUT2D eigenvalue weighted by Gasteiger charge is -2.26. The Morgan fingerprint density at radius 3 is 1.67 bits per heavy atom. The average molecular weight is 576 g/mol. The highest BCUT2D eigenvalue weighted by molar-refractivity contribution is 6.26. The zero-order valence-electron chi connectivity index (χ0n) is 25.1. The van der Waals surface area contributed by atoms with Gasteiger partial charge in [0.2, 0.25) is 0 Å². The van der Waals surface area contributed by atoms with Crippen molar-refractivity contribution in [1.29, 1.82) is 0 Å². The van der Waals surface area contributed by atoms with Crippen LogP contribution in [0.2, 0.25) is 0 Å². The maximum Gasteiger partial charge on any atom is 0.164 e. The maximum atomic E-state index is 5.01. The van der Waals surface area contributed by atoms with E-state index in [4.69, 9.17) is 15.0 Å². The summed E-state index contributed by atoms with van der Waals surface area (Å²) in [5.41, 5.74) is 5.61. The molecule has 0 bridgehead atoms. The lowest BCUT2D eigenvalue weighted by molar-refractivity contribution is 0.644. The molecule has 0 saturated heterocycles. The van der Waals surface area contributed by atoms with Gasteiger partial charge in [-0.15, -0.1) is 0 Å². The fraction of sp³-hybridized carbons (Fsp3) is 0.0714. The lowest BCUT2D eigenvalue weighted by atomic mass is 9.77. The average Bonchev–Trinajstić information content (AvgIpc) is 3.47. The first-order valence-electron chi connectivity index (χ1n) is 15.5. The van der Waals surface area contributed by atoms with E-state index in [0.29, 0.717) is 17.5 Å². The van der Waals surface area contributed by atoms with E-state index >= 15 is 0 Å². The zero-order chi connectivity index (χ0) is 30.1. The van der Waals surface area contributed by atoms with Crippen LogP contribution in [-0.4, -0.2) is 15.0 Å². The molecule has 0 unspecified atom stereocenters. The highest BCUT2D eigenvalue weighted by Gasteiger charge is 2.28. The standard InChI is InChI=1S/C42H29N3/c1-42(2)21-11-16-28-22-30-24-36-32-18-10-9-17-31(32)35-23-29(19-20-33(35)37(36)25-34(30)38(28)42)41-44-39(26-12-5-3-6-13-26)43-40(45-41)27-14-7-4-8-15-27/h3-25H,1-2H3. The number of allylic oxidation sites excluding steroid dienone is 4. The second-order valence-electron chi connectivity index (χ2n) is 12.6. The third kappa shape index (κ3) is 4.08. The van der Waals surface area contributed by atoms with Crippen LogP contribution in [0, 0.1) is 5.41 Å². The highest BCUT2D eigenvalue weighted by atomic mass is 15.0. The van der Waals surface area contributed by atoms with Crippen molar-refractivity contribution in [3.05, 3.63) is 149 Å². The molecule has 2 aliphatic carbocycles. The van der Waals surface area contributed by atoms with Gasteiger partial charge in [0.1, 0.15) is 0 Å². The largest absolute Gasteiger partial charge is 0.208 e. The van der Waals surface area contributed by atoms with Crippen LogP contribution in [0.1, 0.15) is 13.8 Å². The van der Waals surface area contributed by atoms with Gasteiger partial charge in [0, 0.05) is 22.1 Å². The molecule has 2 aliphatic rings. The van der Waals surface area contributed by atoms with E-state index in [1.807, 2.05) is 60.7 Å². The van der Waals surface area contributed by atoms with Gasteiger partial charge >= 0.3 is 0 Å². The molecule has 212 valence electrons. The quantitative estimate of drug-likeness (QED) is 0.198. The predicted molar refractivity (Wildman–Crippen MR) is 187 cm³/mol. The van der Waals surface area contributed by atoms with Gasteiger partial charge in [-0.05, 0) is 78.2 Å². The first-order chi connectivity index (χ1) is 22.0. The third-order valence-corrected chi connectivity index (χ3v) is 9.27. The van der Waals surface area contributed by atoms with Gasteiger partial charge < -0.3 is 0 Å². The molecule has 3 nitrogen and oxygen atoms in total. The maximum absolute atomic E-state index is 5.01.